The van der Waals surface area contributed by atoms with Gasteiger partial charge in [0.2, 0.25) is 5.82 Å². The topological polar surface area (TPSA) is 76.8 Å². The standard InChI is InChI=1S/C12H9FN4O2/c1-18-12-8(13)5-14-11(15-12)10-4-9(16-17-10)7-2-3-19-6-7/h2-6H,1H3,(H,16,17). The molecule has 19 heavy (non-hydrogen) atoms. The first kappa shape index (κ1) is 11.4. The van der Waals surface area contributed by atoms with Gasteiger partial charge in [-0.2, -0.15) is 14.5 Å². The number of aromatic amines is 1. The molecule has 1 N–H and O–H groups in total. The Morgan fingerprint density at radius 1 is 1.42 bits per heavy atom. The van der Waals surface area contributed by atoms with Gasteiger partial charge in [-0.15, -0.1) is 0 Å². The second-order valence-electron chi connectivity index (χ2n) is 3.73. The molecule has 3 rings (SSSR count). The summed E-state index contributed by atoms with van der Waals surface area (Å²) in [6.07, 6.45) is 4.19. The maximum Gasteiger partial charge on any atom is 0.253 e. The average Bonchev–Trinajstić information content (AvgIpc) is 3.10. The third kappa shape index (κ3) is 2.05. The van der Waals surface area contributed by atoms with E-state index in [-0.39, 0.29) is 5.88 Å². The van der Waals surface area contributed by atoms with Gasteiger partial charge in [0, 0.05) is 5.56 Å². The number of aromatic nitrogens is 4. The summed E-state index contributed by atoms with van der Waals surface area (Å²) in [4.78, 5) is 7.84. The summed E-state index contributed by atoms with van der Waals surface area (Å²) < 4.78 is 23.0. The number of H-pyrrole nitrogens is 1. The van der Waals surface area contributed by atoms with Crippen molar-refractivity contribution in [3.63, 3.8) is 0 Å². The van der Waals surface area contributed by atoms with Crippen LogP contribution in [-0.2, 0) is 0 Å². The molecule has 0 aliphatic heterocycles. The molecule has 0 spiro atoms. The van der Waals surface area contributed by atoms with Crippen LogP contribution in [-0.4, -0.2) is 27.3 Å². The lowest BCUT2D eigenvalue weighted by molar-refractivity contribution is 0.367. The zero-order chi connectivity index (χ0) is 13.2. The molecule has 0 aromatic carbocycles. The van der Waals surface area contributed by atoms with Gasteiger partial charge in [0.1, 0.15) is 5.69 Å². The molecular formula is C12H9FN4O2. The number of ether oxygens (including phenoxy) is 1. The van der Waals surface area contributed by atoms with Crippen LogP contribution in [0.15, 0.2) is 35.3 Å². The van der Waals surface area contributed by atoms with E-state index in [2.05, 4.69) is 20.2 Å². The fourth-order valence-corrected chi connectivity index (χ4v) is 1.62. The second-order valence-corrected chi connectivity index (χ2v) is 3.73. The van der Waals surface area contributed by atoms with E-state index in [1.165, 1.54) is 7.11 Å². The first-order chi connectivity index (χ1) is 9.28. The fraction of sp³-hybridized carbons (Fsp3) is 0.0833. The summed E-state index contributed by atoms with van der Waals surface area (Å²) in [5.41, 5.74) is 2.08. The lowest BCUT2D eigenvalue weighted by atomic mass is 10.2. The van der Waals surface area contributed by atoms with E-state index >= 15 is 0 Å². The highest BCUT2D eigenvalue weighted by Crippen LogP contribution is 2.23. The molecule has 3 heterocycles. The lowest BCUT2D eigenvalue weighted by Crippen LogP contribution is -1.97. The number of halogens is 1. The predicted molar refractivity (Wildman–Crippen MR) is 63.8 cm³/mol. The van der Waals surface area contributed by atoms with E-state index in [1.807, 2.05) is 0 Å². The summed E-state index contributed by atoms with van der Waals surface area (Å²) in [5.74, 6) is -0.411. The predicted octanol–water partition coefficient (Wildman–Crippen LogP) is 2.27. The number of nitrogens with zero attached hydrogens (tertiary/aromatic N) is 3. The third-order valence-electron chi connectivity index (χ3n) is 2.54. The molecular weight excluding hydrogens is 251 g/mol. The molecule has 6 nitrogen and oxygen atoms in total. The first-order valence-electron chi connectivity index (χ1n) is 5.43. The van der Waals surface area contributed by atoms with Crippen LogP contribution in [0.1, 0.15) is 0 Å². The number of hydrogen-bond donors (Lipinski definition) is 1. The highest BCUT2D eigenvalue weighted by Gasteiger charge is 2.12. The third-order valence-corrected chi connectivity index (χ3v) is 2.54. The van der Waals surface area contributed by atoms with Crippen molar-refractivity contribution in [2.75, 3.05) is 7.11 Å². The van der Waals surface area contributed by atoms with Gasteiger partial charge in [-0.1, -0.05) is 0 Å². The van der Waals surface area contributed by atoms with Crippen LogP contribution in [0.2, 0.25) is 0 Å². The normalized spacial score (nSPS) is 10.6. The minimum Gasteiger partial charge on any atom is -0.479 e. The Balaban J connectivity index is 1.99. The van der Waals surface area contributed by atoms with Crippen molar-refractivity contribution in [1.29, 1.82) is 0 Å². The molecule has 7 heteroatoms. The van der Waals surface area contributed by atoms with Gasteiger partial charge in [0.15, 0.2) is 5.82 Å². The Morgan fingerprint density at radius 3 is 3.05 bits per heavy atom. The van der Waals surface area contributed by atoms with Gasteiger partial charge in [0.05, 0.1) is 31.5 Å². The Bertz CT molecular complexity index is 694. The second kappa shape index (κ2) is 4.52. The molecule has 0 bridgehead atoms. The number of furan rings is 1. The molecule has 0 saturated carbocycles. The Morgan fingerprint density at radius 2 is 2.32 bits per heavy atom. The summed E-state index contributed by atoms with van der Waals surface area (Å²) in [7, 11) is 1.35. The summed E-state index contributed by atoms with van der Waals surface area (Å²) in [6.45, 7) is 0. The summed E-state index contributed by atoms with van der Waals surface area (Å²) in [5, 5.41) is 6.90. The molecule has 0 radical (unpaired) electrons. The van der Waals surface area contributed by atoms with Crippen LogP contribution < -0.4 is 4.74 Å². The first-order valence-corrected chi connectivity index (χ1v) is 5.43. The fourth-order valence-electron chi connectivity index (χ4n) is 1.62. The van der Waals surface area contributed by atoms with Crippen LogP contribution in [0.4, 0.5) is 4.39 Å². The molecule has 0 fully saturated rings. The van der Waals surface area contributed by atoms with Crippen LogP contribution in [0, 0.1) is 5.82 Å². The van der Waals surface area contributed by atoms with Crippen LogP contribution >= 0.6 is 0 Å². The summed E-state index contributed by atoms with van der Waals surface area (Å²) in [6, 6.07) is 3.53. The molecule has 0 aliphatic carbocycles. The van der Waals surface area contributed by atoms with Gasteiger partial charge >= 0.3 is 0 Å². The highest BCUT2D eigenvalue weighted by atomic mass is 19.1. The molecule has 96 valence electrons. The van der Waals surface area contributed by atoms with Crippen LogP contribution in [0.25, 0.3) is 22.8 Å². The van der Waals surface area contributed by atoms with Crippen molar-refractivity contribution in [2.24, 2.45) is 0 Å². The van der Waals surface area contributed by atoms with E-state index in [4.69, 9.17) is 9.15 Å². The average molecular weight is 260 g/mol. The van der Waals surface area contributed by atoms with Gasteiger partial charge in [-0.3, -0.25) is 5.10 Å². The van der Waals surface area contributed by atoms with Gasteiger partial charge in [-0.25, -0.2) is 4.98 Å². The van der Waals surface area contributed by atoms with E-state index in [0.29, 0.717) is 17.2 Å². The van der Waals surface area contributed by atoms with E-state index < -0.39 is 5.82 Å². The van der Waals surface area contributed by atoms with Gasteiger partial charge in [-0.05, 0) is 12.1 Å². The lowest BCUT2D eigenvalue weighted by Gasteiger charge is -2.01. The maximum absolute atomic E-state index is 13.2. The Labute approximate surface area is 107 Å². The molecule has 3 aromatic rings. The monoisotopic (exact) mass is 260 g/mol. The van der Waals surface area contributed by atoms with Gasteiger partial charge in [0.25, 0.3) is 5.88 Å². The maximum atomic E-state index is 13.2. The molecule has 0 aliphatic rings. The Hall–Kier alpha value is -2.70. The van der Waals surface area contributed by atoms with Crippen molar-refractivity contribution >= 4 is 0 Å². The zero-order valence-electron chi connectivity index (χ0n) is 9.92. The van der Waals surface area contributed by atoms with E-state index in [1.54, 1.807) is 24.7 Å². The Kier molecular flexibility index (Phi) is 2.71. The van der Waals surface area contributed by atoms with E-state index in [0.717, 1.165) is 11.8 Å². The minimum atomic E-state index is -0.610. The van der Waals surface area contributed by atoms with Crippen LogP contribution in [0.5, 0.6) is 5.88 Å². The minimum absolute atomic E-state index is 0.107. The largest absolute Gasteiger partial charge is 0.479 e. The molecule has 0 saturated heterocycles. The van der Waals surface area contributed by atoms with Crippen molar-refractivity contribution in [2.45, 2.75) is 0 Å². The SMILES string of the molecule is COc1nc(-c2cc(-c3ccoc3)n[nH]2)ncc1F. The zero-order valence-corrected chi connectivity index (χ0v) is 9.92. The highest BCUT2D eigenvalue weighted by molar-refractivity contribution is 5.63. The molecule has 0 amide bonds. The van der Waals surface area contributed by atoms with Crippen molar-refractivity contribution < 1.29 is 13.5 Å². The van der Waals surface area contributed by atoms with Crippen molar-refractivity contribution in [3.8, 4) is 28.7 Å². The van der Waals surface area contributed by atoms with Gasteiger partial charge < -0.3 is 9.15 Å². The molecule has 0 unspecified atom stereocenters. The quantitative estimate of drug-likeness (QED) is 0.781. The van der Waals surface area contributed by atoms with Crippen molar-refractivity contribution in [1.82, 2.24) is 20.2 Å². The van der Waals surface area contributed by atoms with Crippen LogP contribution in [0.3, 0.4) is 0 Å². The molecule has 0 atom stereocenters. The van der Waals surface area contributed by atoms with E-state index in [9.17, 15) is 4.39 Å². The van der Waals surface area contributed by atoms with Crippen molar-refractivity contribution in [3.05, 3.63) is 36.7 Å². The number of nitrogens with one attached hydrogen (secondary N) is 1. The number of rotatable bonds is 3. The number of methoxy groups -OCH3 is 1. The number of hydrogen-bond acceptors (Lipinski definition) is 5. The molecule has 3 aromatic heterocycles. The smallest absolute Gasteiger partial charge is 0.253 e. The summed E-state index contributed by atoms with van der Waals surface area (Å²) >= 11 is 0.